The minimum absolute atomic E-state index is 0.0476. The van der Waals surface area contributed by atoms with Gasteiger partial charge in [-0.05, 0) is 57.2 Å². The van der Waals surface area contributed by atoms with Gasteiger partial charge in [0.25, 0.3) is 0 Å². The van der Waals surface area contributed by atoms with Crippen LogP contribution in [0.25, 0.3) is 5.57 Å². The number of hydrogen-bond acceptors (Lipinski definition) is 7. The second-order valence-corrected chi connectivity index (χ2v) is 11.4. The smallest absolute Gasteiger partial charge is 0.345 e. The first-order valence-corrected chi connectivity index (χ1v) is 13.8. The lowest BCUT2D eigenvalue weighted by Gasteiger charge is -2.46. The minimum Gasteiger partial charge on any atom is -0.497 e. The molecule has 0 unspecified atom stereocenters. The van der Waals surface area contributed by atoms with Gasteiger partial charge in [0.05, 0.1) is 34.0 Å². The van der Waals surface area contributed by atoms with Crippen LogP contribution in [0.1, 0.15) is 65.9 Å². The van der Waals surface area contributed by atoms with Crippen molar-refractivity contribution in [2.75, 3.05) is 18.6 Å². The number of thioether (sulfide) groups is 2. The van der Waals surface area contributed by atoms with E-state index in [0.717, 1.165) is 46.7 Å². The number of thiocarbonyl (C=S) groups is 1. The van der Waals surface area contributed by atoms with Gasteiger partial charge in [-0.15, -0.1) is 0 Å². The molecule has 5 nitrogen and oxygen atoms in total. The maximum Gasteiger partial charge on any atom is 0.345 e. The average molecular weight is 520 g/mol. The molecule has 0 atom stereocenters. The number of methoxy groups -OCH3 is 1. The van der Waals surface area contributed by atoms with Crippen molar-refractivity contribution in [1.29, 1.82) is 0 Å². The van der Waals surface area contributed by atoms with E-state index in [2.05, 4.69) is 13.8 Å². The summed E-state index contributed by atoms with van der Waals surface area (Å²) in [5.74, 6) is 0.426. The topological polar surface area (TPSA) is 55.8 Å². The normalized spacial score (nSPS) is 19.2. The lowest BCUT2D eigenvalue weighted by Crippen LogP contribution is -2.57. The summed E-state index contributed by atoms with van der Waals surface area (Å²) in [6.07, 6.45) is 3.61. The molecule has 0 fully saturated rings. The van der Waals surface area contributed by atoms with Crippen molar-refractivity contribution in [3.05, 3.63) is 38.3 Å². The van der Waals surface area contributed by atoms with E-state index >= 15 is 0 Å². The van der Waals surface area contributed by atoms with E-state index in [1.54, 1.807) is 14.0 Å². The number of amides is 1. The number of anilines is 1. The number of rotatable bonds is 8. The Bertz CT molecular complexity index is 1040. The highest BCUT2D eigenvalue weighted by Crippen LogP contribution is 2.53. The van der Waals surface area contributed by atoms with Crippen LogP contribution in [0.5, 0.6) is 5.75 Å². The fourth-order valence-electron chi connectivity index (χ4n) is 4.39. The Morgan fingerprint density at radius 3 is 2.41 bits per heavy atom. The SMILES string of the molecule is CCCC(CCC)C(=O)N1c2ccc(OC)cc2/C(=C2/SC=C(C(=O)OCC)S2)C(=S)C1(C)C. The first-order chi connectivity index (χ1) is 16.2. The molecule has 0 bridgehead atoms. The van der Waals surface area contributed by atoms with E-state index in [-0.39, 0.29) is 17.8 Å². The van der Waals surface area contributed by atoms with Crippen LogP contribution in [0.2, 0.25) is 0 Å². The largest absolute Gasteiger partial charge is 0.497 e. The predicted molar refractivity (Wildman–Crippen MR) is 147 cm³/mol. The zero-order valence-corrected chi connectivity index (χ0v) is 23.2. The van der Waals surface area contributed by atoms with Crippen LogP contribution in [-0.2, 0) is 14.3 Å². The number of ether oxygens (including phenoxy) is 2. The molecular weight excluding hydrogens is 486 g/mol. The Kier molecular flexibility index (Phi) is 8.93. The second-order valence-electron chi connectivity index (χ2n) is 8.80. The highest BCUT2D eigenvalue weighted by molar-refractivity contribution is 8.28. The van der Waals surface area contributed by atoms with Crippen molar-refractivity contribution in [2.24, 2.45) is 5.92 Å². The molecule has 0 saturated carbocycles. The summed E-state index contributed by atoms with van der Waals surface area (Å²) in [7, 11) is 1.63. The molecule has 0 radical (unpaired) electrons. The van der Waals surface area contributed by atoms with Crippen LogP contribution in [0.4, 0.5) is 5.69 Å². The standard InChI is InChI=1S/C26H33NO4S3/c1-7-10-16(11-8-2)23(28)27-19-13-12-17(30-6)14-18(19)21(22(32)26(27,4)5)25-33-15-20(34-25)24(29)31-9-3/h12-16H,7-11H2,1-6H3/b25-21+. The monoisotopic (exact) mass is 519 g/mol. The molecule has 2 aliphatic rings. The third kappa shape index (κ3) is 5.09. The third-order valence-electron chi connectivity index (χ3n) is 6.06. The molecule has 34 heavy (non-hydrogen) atoms. The minimum atomic E-state index is -0.704. The zero-order chi connectivity index (χ0) is 25.0. The molecule has 3 rings (SSSR count). The molecule has 1 aromatic rings. The third-order valence-corrected chi connectivity index (χ3v) is 9.11. The number of carbonyl (C=O) groups excluding carboxylic acids is 2. The Hall–Kier alpha value is -1.77. The van der Waals surface area contributed by atoms with Crippen molar-refractivity contribution in [3.8, 4) is 5.75 Å². The first kappa shape index (κ1) is 26.8. The molecule has 1 aromatic carbocycles. The number of benzene rings is 1. The molecule has 8 heteroatoms. The zero-order valence-electron chi connectivity index (χ0n) is 20.7. The van der Waals surface area contributed by atoms with E-state index in [4.69, 9.17) is 21.7 Å². The Balaban J connectivity index is 2.15. The van der Waals surface area contributed by atoms with Crippen LogP contribution in [-0.4, -0.2) is 36.0 Å². The van der Waals surface area contributed by atoms with Gasteiger partial charge in [0, 0.05) is 17.1 Å². The van der Waals surface area contributed by atoms with Gasteiger partial charge in [0.15, 0.2) is 0 Å². The fraction of sp³-hybridized carbons (Fsp3) is 0.500. The van der Waals surface area contributed by atoms with Gasteiger partial charge < -0.3 is 14.4 Å². The van der Waals surface area contributed by atoms with Gasteiger partial charge in [-0.25, -0.2) is 4.79 Å². The van der Waals surface area contributed by atoms with Crippen molar-refractivity contribution >= 4 is 63.7 Å². The second kappa shape index (κ2) is 11.3. The van der Waals surface area contributed by atoms with Gasteiger partial charge in [-0.1, -0.05) is 62.4 Å². The summed E-state index contributed by atoms with van der Waals surface area (Å²) in [6, 6.07) is 5.78. The van der Waals surface area contributed by atoms with Crippen molar-refractivity contribution in [2.45, 2.75) is 65.8 Å². The number of esters is 1. The van der Waals surface area contributed by atoms with E-state index in [9.17, 15) is 9.59 Å². The van der Waals surface area contributed by atoms with E-state index < -0.39 is 5.54 Å². The average Bonchev–Trinajstić information content (AvgIpc) is 3.29. The summed E-state index contributed by atoms with van der Waals surface area (Å²) in [4.78, 5) is 29.4. The van der Waals surface area contributed by atoms with Gasteiger partial charge in [0.1, 0.15) is 10.7 Å². The number of carbonyl (C=O) groups is 2. The quantitative estimate of drug-likeness (QED) is 0.209. The van der Waals surface area contributed by atoms with Crippen LogP contribution >= 0.6 is 35.7 Å². The highest BCUT2D eigenvalue weighted by atomic mass is 32.2. The Morgan fingerprint density at radius 2 is 1.82 bits per heavy atom. The summed E-state index contributed by atoms with van der Waals surface area (Å²) in [5, 5.41) is 1.82. The van der Waals surface area contributed by atoms with Crippen molar-refractivity contribution < 1.29 is 19.1 Å². The molecule has 0 aliphatic carbocycles. The van der Waals surface area contributed by atoms with Gasteiger partial charge in [-0.3, -0.25) is 4.79 Å². The predicted octanol–water partition coefficient (Wildman–Crippen LogP) is 6.96. The summed E-state index contributed by atoms with van der Waals surface area (Å²) >= 11 is 8.91. The number of hydrogen-bond donors (Lipinski definition) is 0. The summed E-state index contributed by atoms with van der Waals surface area (Å²) in [5.41, 5.74) is 1.86. The molecule has 2 heterocycles. The van der Waals surface area contributed by atoms with Crippen LogP contribution in [0.3, 0.4) is 0 Å². The van der Waals surface area contributed by atoms with Crippen molar-refractivity contribution in [3.63, 3.8) is 0 Å². The molecule has 184 valence electrons. The van der Waals surface area contributed by atoms with Gasteiger partial charge in [0.2, 0.25) is 5.91 Å². The van der Waals surface area contributed by atoms with Gasteiger partial charge >= 0.3 is 5.97 Å². The molecule has 0 aromatic heterocycles. The highest BCUT2D eigenvalue weighted by Gasteiger charge is 2.46. The molecule has 1 amide bonds. The molecule has 2 aliphatic heterocycles. The summed E-state index contributed by atoms with van der Waals surface area (Å²) < 4.78 is 11.6. The van der Waals surface area contributed by atoms with Crippen molar-refractivity contribution in [1.82, 2.24) is 0 Å². The lowest BCUT2D eigenvalue weighted by atomic mass is 9.81. The van der Waals surface area contributed by atoms with E-state index in [1.165, 1.54) is 23.5 Å². The van der Waals surface area contributed by atoms with Gasteiger partial charge in [-0.2, -0.15) is 0 Å². The lowest BCUT2D eigenvalue weighted by molar-refractivity contribution is -0.137. The maximum absolute atomic E-state index is 13.9. The van der Waals surface area contributed by atoms with Crippen LogP contribution in [0, 0.1) is 5.92 Å². The fourth-order valence-corrected chi connectivity index (χ4v) is 7.06. The Labute approximate surface area is 216 Å². The van der Waals surface area contributed by atoms with Crippen LogP contribution < -0.4 is 9.64 Å². The van der Waals surface area contributed by atoms with E-state index in [0.29, 0.717) is 22.1 Å². The molecule has 0 saturated heterocycles. The van der Waals surface area contributed by atoms with Crippen LogP contribution in [0.15, 0.2) is 32.7 Å². The maximum atomic E-state index is 13.9. The first-order valence-electron chi connectivity index (χ1n) is 11.7. The Morgan fingerprint density at radius 1 is 1.15 bits per heavy atom. The number of nitrogens with zero attached hydrogens (tertiary/aromatic N) is 1. The summed E-state index contributed by atoms with van der Waals surface area (Å²) in [6.45, 7) is 10.4. The number of fused-ring (bicyclic) bond motifs is 1. The van der Waals surface area contributed by atoms with E-state index in [1.807, 2.05) is 42.4 Å². The molecule has 0 N–H and O–H groups in total. The molecule has 0 spiro atoms. The molecular formula is C26H33NO4S3.